The van der Waals surface area contributed by atoms with Crippen LogP contribution in [0.5, 0.6) is 5.88 Å². The highest BCUT2D eigenvalue weighted by Gasteiger charge is 2.17. The number of hydrazone groups is 1. The molecule has 0 fully saturated rings. The van der Waals surface area contributed by atoms with Gasteiger partial charge in [0.05, 0.1) is 17.6 Å². The lowest BCUT2D eigenvalue weighted by Gasteiger charge is -2.14. The van der Waals surface area contributed by atoms with Crippen molar-refractivity contribution in [3.8, 4) is 11.6 Å². The van der Waals surface area contributed by atoms with Crippen molar-refractivity contribution in [2.45, 2.75) is 13.8 Å². The van der Waals surface area contributed by atoms with E-state index >= 15 is 0 Å². The third-order valence-corrected chi connectivity index (χ3v) is 5.07. The van der Waals surface area contributed by atoms with Crippen LogP contribution >= 0.6 is 15.9 Å². The number of aromatic nitrogens is 2. The number of rotatable bonds is 4. The minimum atomic E-state index is -0.726. The Balaban J connectivity index is 2.08. The Morgan fingerprint density at radius 3 is 2.52 bits per heavy atom. The van der Waals surface area contributed by atoms with Gasteiger partial charge in [-0.15, -0.1) is 0 Å². The van der Waals surface area contributed by atoms with Crippen LogP contribution in [-0.2, 0) is 0 Å². The fraction of sp³-hybridized carbons (Fsp3) is 0.105. The first kappa shape index (κ1) is 18.7. The fourth-order valence-corrected chi connectivity index (χ4v) is 3.01. The molecule has 0 bridgehead atoms. The van der Waals surface area contributed by atoms with E-state index in [-0.39, 0.29) is 5.56 Å². The van der Waals surface area contributed by atoms with E-state index in [1.54, 1.807) is 24.3 Å². The van der Waals surface area contributed by atoms with E-state index in [1.807, 2.05) is 32.0 Å². The quantitative estimate of drug-likeness (QED) is 0.439. The zero-order valence-corrected chi connectivity index (χ0v) is 16.2. The maximum Gasteiger partial charge on any atom is 0.335 e. The zero-order valence-electron chi connectivity index (χ0n) is 14.7. The Morgan fingerprint density at radius 1 is 1.11 bits per heavy atom. The van der Waals surface area contributed by atoms with E-state index in [4.69, 9.17) is 0 Å². The Hall–Kier alpha value is -3.13. The van der Waals surface area contributed by atoms with Crippen LogP contribution < -0.4 is 16.7 Å². The molecule has 0 aliphatic rings. The van der Waals surface area contributed by atoms with E-state index in [0.29, 0.717) is 5.69 Å². The SMILES string of the molecule is Cc1c(Br)ccc(-n2c(O)c(C=NNc3ccccc3)c(=O)[nH]c2=O)c1C. The Labute approximate surface area is 163 Å². The second kappa shape index (κ2) is 7.63. The van der Waals surface area contributed by atoms with Crippen molar-refractivity contribution in [1.82, 2.24) is 9.55 Å². The summed E-state index contributed by atoms with van der Waals surface area (Å²) >= 11 is 3.44. The van der Waals surface area contributed by atoms with E-state index in [0.717, 1.165) is 25.9 Å². The van der Waals surface area contributed by atoms with Gasteiger partial charge in [-0.3, -0.25) is 15.2 Å². The molecule has 2 aromatic carbocycles. The minimum Gasteiger partial charge on any atom is -0.493 e. The van der Waals surface area contributed by atoms with Gasteiger partial charge in [-0.05, 0) is 49.2 Å². The second-order valence-corrected chi connectivity index (χ2v) is 6.74. The van der Waals surface area contributed by atoms with Gasteiger partial charge in [0.1, 0.15) is 5.56 Å². The van der Waals surface area contributed by atoms with Crippen LogP contribution in [0, 0.1) is 13.8 Å². The largest absolute Gasteiger partial charge is 0.493 e. The highest BCUT2D eigenvalue weighted by molar-refractivity contribution is 9.10. The number of para-hydroxylation sites is 1. The summed E-state index contributed by atoms with van der Waals surface area (Å²) in [5.41, 5.74) is 4.09. The van der Waals surface area contributed by atoms with Crippen molar-refractivity contribution in [2.24, 2.45) is 5.10 Å². The van der Waals surface area contributed by atoms with Gasteiger partial charge >= 0.3 is 5.69 Å². The normalized spacial score (nSPS) is 11.1. The summed E-state index contributed by atoms with van der Waals surface area (Å²) < 4.78 is 1.94. The van der Waals surface area contributed by atoms with Crippen molar-refractivity contribution >= 4 is 27.8 Å². The highest BCUT2D eigenvalue weighted by atomic mass is 79.9. The number of nitrogens with one attached hydrogen (secondary N) is 2. The number of H-pyrrole nitrogens is 1. The molecule has 1 heterocycles. The average Bonchev–Trinajstić information content (AvgIpc) is 2.65. The van der Waals surface area contributed by atoms with E-state index < -0.39 is 17.1 Å². The molecular weight excluding hydrogens is 412 g/mol. The lowest BCUT2D eigenvalue weighted by atomic mass is 10.1. The molecule has 0 saturated carbocycles. The fourth-order valence-electron chi connectivity index (χ4n) is 2.58. The van der Waals surface area contributed by atoms with Gasteiger partial charge in [0.15, 0.2) is 0 Å². The molecule has 0 atom stereocenters. The smallest absolute Gasteiger partial charge is 0.335 e. The Kier molecular flexibility index (Phi) is 5.27. The molecule has 8 heteroatoms. The van der Waals surface area contributed by atoms with Gasteiger partial charge in [-0.25, -0.2) is 9.36 Å². The molecule has 27 heavy (non-hydrogen) atoms. The van der Waals surface area contributed by atoms with Gasteiger partial charge in [0.25, 0.3) is 5.56 Å². The summed E-state index contributed by atoms with van der Waals surface area (Å²) in [5.74, 6) is -0.479. The number of benzene rings is 2. The van der Waals surface area contributed by atoms with Crippen LogP contribution in [0.2, 0.25) is 0 Å². The number of halogens is 1. The second-order valence-electron chi connectivity index (χ2n) is 5.88. The topological polar surface area (TPSA) is 99.5 Å². The minimum absolute atomic E-state index is 0.127. The molecule has 3 rings (SSSR count). The third kappa shape index (κ3) is 3.70. The van der Waals surface area contributed by atoms with Crippen LogP contribution in [0.15, 0.2) is 61.6 Å². The molecule has 3 aromatic rings. The maximum absolute atomic E-state index is 12.3. The standard InChI is InChI=1S/C19H17BrN4O3/c1-11-12(2)16(9-8-15(11)20)24-18(26)14(17(25)22-19(24)27)10-21-23-13-6-4-3-5-7-13/h3-10,23,26H,1-2H3,(H,22,25,27). The van der Waals surface area contributed by atoms with Gasteiger partial charge < -0.3 is 5.11 Å². The number of hydrogen-bond acceptors (Lipinski definition) is 5. The molecule has 7 nitrogen and oxygen atoms in total. The molecule has 0 aliphatic carbocycles. The Morgan fingerprint density at radius 2 is 1.81 bits per heavy atom. The van der Waals surface area contributed by atoms with Gasteiger partial charge in [-0.2, -0.15) is 5.10 Å². The van der Waals surface area contributed by atoms with E-state index in [9.17, 15) is 14.7 Å². The number of aromatic amines is 1. The molecule has 1 aromatic heterocycles. The van der Waals surface area contributed by atoms with Crippen LogP contribution in [0.3, 0.4) is 0 Å². The molecular formula is C19H17BrN4O3. The molecule has 3 N–H and O–H groups in total. The summed E-state index contributed by atoms with van der Waals surface area (Å²) in [6.07, 6.45) is 1.18. The van der Waals surface area contributed by atoms with E-state index in [2.05, 4.69) is 31.4 Å². The Bertz CT molecular complexity index is 1130. The van der Waals surface area contributed by atoms with Crippen LogP contribution in [-0.4, -0.2) is 20.9 Å². The van der Waals surface area contributed by atoms with Crippen molar-refractivity contribution < 1.29 is 5.11 Å². The van der Waals surface area contributed by atoms with Crippen molar-refractivity contribution in [3.05, 3.63) is 84.5 Å². The van der Waals surface area contributed by atoms with Gasteiger partial charge in [0, 0.05) is 4.47 Å². The first-order valence-electron chi connectivity index (χ1n) is 8.08. The average molecular weight is 429 g/mol. The van der Waals surface area contributed by atoms with Gasteiger partial charge in [0.2, 0.25) is 5.88 Å². The van der Waals surface area contributed by atoms with Crippen LogP contribution in [0.25, 0.3) is 5.69 Å². The maximum atomic E-state index is 12.3. The van der Waals surface area contributed by atoms with Crippen LogP contribution in [0.1, 0.15) is 16.7 Å². The highest BCUT2D eigenvalue weighted by Crippen LogP contribution is 2.26. The molecule has 0 radical (unpaired) electrons. The zero-order chi connectivity index (χ0) is 19.6. The van der Waals surface area contributed by atoms with Crippen molar-refractivity contribution in [2.75, 3.05) is 5.43 Å². The number of hydrogen-bond donors (Lipinski definition) is 3. The summed E-state index contributed by atoms with van der Waals surface area (Å²) in [7, 11) is 0. The number of anilines is 1. The monoisotopic (exact) mass is 428 g/mol. The van der Waals surface area contributed by atoms with Crippen LogP contribution in [0.4, 0.5) is 5.69 Å². The molecule has 0 aliphatic heterocycles. The predicted molar refractivity (Wildman–Crippen MR) is 109 cm³/mol. The molecule has 138 valence electrons. The molecule has 0 amide bonds. The van der Waals surface area contributed by atoms with Crippen molar-refractivity contribution in [3.63, 3.8) is 0 Å². The molecule has 0 unspecified atom stereocenters. The predicted octanol–water partition coefficient (Wildman–Crippen LogP) is 3.06. The first-order chi connectivity index (χ1) is 12.9. The number of nitrogens with zero attached hydrogens (tertiary/aromatic N) is 2. The van der Waals surface area contributed by atoms with Gasteiger partial charge in [-0.1, -0.05) is 34.1 Å². The lowest BCUT2D eigenvalue weighted by molar-refractivity contribution is 0.430. The molecule has 0 saturated heterocycles. The van der Waals surface area contributed by atoms with E-state index in [1.165, 1.54) is 6.21 Å². The van der Waals surface area contributed by atoms with Crippen molar-refractivity contribution in [1.29, 1.82) is 0 Å². The molecule has 0 spiro atoms. The third-order valence-electron chi connectivity index (χ3n) is 4.22. The summed E-state index contributed by atoms with van der Waals surface area (Å²) in [4.78, 5) is 26.7. The number of aromatic hydroxyl groups is 1. The summed E-state index contributed by atoms with van der Waals surface area (Å²) in [6.45, 7) is 3.72. The lowest BCUT2D eigenvalue weighted by Crippen LogP contribution is -2.31. The summed E-state index contributed by atoms with van der Waals surface area (Å²) in [6, 6.07) is 12.6. The summed E-state index contributed by atoms with van der Waals surface area (Å²) in [5, 5.41) is 14.6. The first-order valence-corrected chi connectivity index (χ1v) is 8.88.